The number of piperidine rings is 1. The molecule has 1 aliphatic heterocycles. The first-order chi connectivity index (χ1) is 12.5. The molecule has 2 aliphatic rings. The summed E-state index contributed by atoms with van der Waals surface area (Å²) in [5.41, 5.74) is 0.171. The number of amides is 2. The van der Waals surface area contributed by atoms with E-state index in [4.69, 9.17) is 5.11 Å². The van der Waals surface area contributed by atoms with Crippen molar-refractivity contribution in [3.8, 4) is 0 Å². The van der Waals surface area contributed by atoms with Crippen molar-refractivity contribution in [2.45, 2.75) is 38.1 Å². The monoisotopic (exact) mass is 362 g/mol. The van der Waals surface area contributed by atoms with Gasteiger partial charge in [-0.25, -0.2) is 4.39 Å². The van der Waals surface area contributed by atoms with Crippen molar-refractivity contribution >= 4 is 17.8 Å². The summed E-state index contributed by atoms with van der Waals surface area (Å²) in [6.07, 6.45) is 2.62. The number of likely N-dealkylation sites (tertiary alicyclic amines) is 1. The highest BCUT2D eigenvalue weighted by molar-refractivity contribution is 5.83. The fourth-order valence-electron chi connectivity index (χ4n) is 3.41. The van der Waals surface area contributed by atoms with E-state index >= 15 is 0 Å². The van der Waals surface area contributed by atoms with Crippen LogP contribution in [0.1, 0.15) is 43.7 Å². The Hall–Kier alpha value is -2.44. The van der Waals surface area contributed by atoms with E-state index < -0.39 is 17.8 Å². The second-order valence-electron chi connectivity index (χ2n) is 7.05. The van der Waals surface area contributed by atoms with Crippen molar-refractivity contribution in [2.24, 2.45) is 11.8 Å². The summed E-state index contributed by atoms with van der Waals surface area (Å²) in [5.74, 6) is -1.87. The highest BCUT2D eigenvalue weighted by Gasteiger charge is 2.36. The summed E-state index contributed by atoms with van der Waals surface area (Å²) in [4.78, 5) is 37.6. The number of carbonyl (C=O) groups is 3. The van der Waals surface area contributed by atoms with Gasteiger partial charge in [0.25, 0.3) is 0 Å². The van der Waals surface area contributed by atoms with E-state index in [1.807, 2.05) is 4.90 Å². The molecule has 2 amide bonds. The molecular formula is C19H23FN2O4. The molecule has 1 aliphatic carbocycles. The smallest absolute Gasteiger partial charge is 0.305 e. The van der Waals surface area contributed by atoms with E-state index in [2.05, 4.69) is 5.32 Å². The molecule has 3 rings (SSSR count). The molecule has 0 bridgehead atoms. The number of rotatable bonds is 6. The van der Waals surface area contributed by atoms with Crippen LogP contribution in [0.5, 0.6) is 0 Å². The summed E-state index contributed by atoms with van der Waals surface area (Å²) in [7, 11) is 0. The molecule has 0 spiro atoms. The zero-order chi connectivity index (χ0) is 18.7. The van der Waals surface area contributed by atoms with Gasteiger partial charge in [0.15, 0.2) is 0 Å². The number of benzene rings is 1. The average Bonchev–Trinajstić information content (AvgIpc) is 3.46. The van der Waals surface area contributed by atoms with Gasteiger partial charge in [0, 0.05) is 30.5 Å². The molecule has 2 N–H and O–H groups in total. The third kappa shape index (κ3) is 4.39. The van der Waals surface area contributed by atoms with Gasteiger partial charge in [-0.2, -0.15) is 0 Å². The zero-order valence-electron chi connectivity index (χ0n) is 14.5. The molecule has 1 heterocycles. The largest absolute Gasteiger partial charge is 0.481 e. The Balaban J connectivity index is 1.60. The lowest BCUT2D eigenvalue weighted by Gasteiger charge is -2.32. The lowest BCUT2D eigenvalue weighted by molar-refractivity contribution is -0.139. The van der Waals surface area contributed by atoms with Crippen LogP contribution in [0.3, 0.4) is 0 Å². The summed E-state index contributed by atoms with van der Waals surface area (Å²) in [6.45, 7) is 1.08. The summed E-state index contributed by atoms with van der Waals surface area (Å²) < 4.78 is 14.0. The van der Waals surface area contributed by atoms with E-state index in [1.54, 1.807) is 6.07 Å². The Labute approximate surface area is 151 Å². The summed E-state index contributed by atoms with van der Waals surface area (Å²) >= 11 is 0. The van der Waals surface area contributed by atoms with Crippen molar-refractivity contribution < 1.29 is 23.9 Å². The number of halogens is 1. The predicted molar refractivity (Wildman–Crippen MR) is 91.6 cm³/mol. The predicted octanol–water partition coefficient (Wildman–Crippen LogP) is 2.11. The molecule has 7 heteroatoms. The number of aliphatic carboxylic acids is 1. The Morgan fingerprint density at radius 2 is 1.77 bits per heavy atom. The molecule has 6 nitrogen and oxygen atoms in total. The minimum absolute atomic E-state index is 0.168. The molecule has 0 aromatic heterocycles. The maximum Gasteiger partial charge on any atom is 0.305 e. The Morgan fingerprint density at radius 1 is 1.12 bits per heavy atom. The Kier molecular flexibility index (Phi) is 5.54. The highest BCUT2D eigenvalue weighted by Crippen LogP contribution is 2.32. The standard InChI is InChI=1S/C19H23FN2O4/c20-15-4-2-1-3-14(15)16(11-17(23)24)21-18(25)12-7-9-22(10-8-12)19(26)13-5-6-13/h1-4,12-13,16H,5-11H2,(H,21,25)(H,23,24). The number of nitrogens with one attached hydrogen (secondary N) is 1. The minimum atomic E-state index is -1.11. The molecule has 1 aromatic rings. The quantitative estimate of drug-likeness (QED) is 0.811. The van der Waals surface area contributed by atoms with Crippen molar-refractivity contribution in [2.75, 3.05) is 13.1 Å². The molecule has 2 fully saturated rings. The Morgan fingerprint density at radius 3 is 2.35 bits per heavy atom. The molecule has 1 atom stereocenters. The molecule has 1 saturated heterocycles. The second kappa shape index (κ2) is 7.85. The minimum Gasteiger partial charge on any atom is -0.481 e. The first-order valence-corrected chi connectivity index (χ1v) is 9.01. The molecule has 1 unspecified atom stereocenters. The van der Waals surface area contributed by atoms with Gasteiger partial charge in [0.05, 0.1) is 12.5 Å². The van der Waals surface area contributed by atoms with Gasteiger partial charge < -0.3 is 15.3 Å². The lowest BCUT2D eigenvalue weighted by Crippen LogP contribution is -2.44. The van der Waals surface area contributed by atoms with Gasteiger partial charge >= 0.3 is 5.97 Å². The summed E-state index contributed by atoms with van der Waals surface area (Å²) in [6, 6.07) is 4.96. The molecular weight excluding hydrogens is 339 g/mol. The molecule has 0 radical (unpaired) electrons. The van der Waals surface area contributed by atoms with Crippen LogP contribution in [-0.2, 0) is 14.4 Å². The zero-order valence-corrected chi connectivity index (χ0v) is 14.5. The van der Waals surface area contributed by atoms with Gasteiger partial charge in [0.1, 0.15) is 5.82 Å². The third-order valence-electron chi connectivity index (χ3n) is 5.08. The topological polar surface area (TPSA) is 86.7 Å². The van der Waals surface area contributed by atoms with Gasteiger partial charge in [-0.05, 0) is 31.7 Å². The number of hydrogen-bond donors (Lipinski definition) is 2. The van der Waals surface area contributed by atoms with Crippen LogP contribution in [0, 0.1) is 17.7 Å². The normalized spacial score (nSPS) is 19.0. The van der Waals surface area contributed by atoms with Crippen LogP contribution in [0.25, 0.3) is 0 Å². The van der Waals surface area contributed by atoms with Crippen molar-refractivity contribution in [1.29, 1.82) is 0 Å². The molecule has 140 valence electrons. The number of carbonyl (C=O) groups excluding carboxylic acids is 2. The maximum atomic E-state index is 14.0. The fraction of sp³-hybridized carbons (Fsp3) is 0.526. The third-order valence-corrected chi connectivity index (χ3v) is 5.08. The molecule has 1 aromatic carbocycles. The van der Waals surface area contributed by atoms with Crippen molar-refractivity contribution in [3.05, 3.63) is 35.6 Å². The van der Waals surface area contributed by atoms with Gasteiger partial charge in [-0.1, -0.05) is 18.2 Å². The Bertz CT molecular complexity index is 697. The average molecular weight is 362 g/mol. The first kappa shape index (κ1) is 18.4. The van der Waals surface area contributed by atoms with Crippen LogP contribution in [0.4, 0.5) is 4.39 Å². The van der Waals surface area contributed by atoms with E-state index in [1.165, 1.54) is 18.2 Å². The lowest BCUT2D eigenvalue weighted by atomic mass is 9.94. The van der Waals surface area contributed by atoms with Crippen LogP contribution in [-0.4, -0.2) is 40.9 Å². The number of nitrogens with zero attached hydrogens (tertiary/aromatic N) is 1. The van der Waals surface area contributed by atoms with Crippen LogP contribution in [0.15, 0.2) is 24.3 Å². The summed E-state index contributed by atoms with van der Waals surface area (Å²) in [5, 5.41) is 11.8. The van der Waals surface area contributed by atoms with Crippen molar-refractivity contribution in [3.63, 3.8) is 0 Å². The van der Waals surface area contributed by atoms with E-state index in [9.17, 15) is 18.8 Å². The van der Waals surface area contributed by atoms with Gasteiger partial charge in [0.2, 0.25) is 11.8 Å². The van der Waals surface area contributed by atoms with E-state index in [-0.39, 0.29) is 35.6 Å². The van der Waals surface area contributed by atoms with E-state index in [0.717, 1.165) is 12.8 Å². The molecule has 26 heavy (non-hydrogen) atoms. The second-order valence-corrected chi connectivity index (χ2v) is 7.05. The number of carboxylic acids is 1. The SMILES string of the molecule is O=C(O)CC(NC(=O)C1CCN(C(=O)C2CC2)CC1)c1ccccc1F. The fourth-order valence-corrected chi connectivity index (χ4v) is 3.41. The molecule has 1 saturated carbocycles. The maximum absolute atomic E-state index is 14.0. The van der Waals surface area contributed by atoms with Crippen LogP contribution in [0.2, 0.25) is 0 Å². The number of carboxylic acid groups (broad SMARTS) is 1. The number of hydrogen-bond acceptors (Lipinski definition) is 3. The van der Waals surface area contributed by atoms with Gasteiger partial charge in [-0.3, -0.25) is 14.4 Å². The van der Waals surface area contributed by atoms with Crippen LogP contribution < -0.4 is 5.32 Å². The highest BCUT2D eigenvalue weighted by atomic mass is 19.1. The van der Waals surface area contributed by atoms with Gasteiger partial charge in [-0.15, -0.1) is 0 Å². The first-order valence-electron chi connectivity index (χ1n) is 9.01. The van der Waals surface area contributed by atoms with Crippen LogP contribution >= 0.6 is 0 Å². The van der Waals surface area contributed by atoms with E-state index in [0.29, 0.717) is 25.9 Å². The van der Waals surface area contributed by atoms with Crippen molar-refractivity contribution in [1.82, 2.24) is 10.2 Å².